The summed E-state index contributed by atoms with van der Waals surface area (Å²) in [6.07, 6.45) is 7.58. The highest BCUT2D eigenvalue weighted by Crippen LogP contribution is 2.28. The van der Waals surface area contributed by atoms with Crippen molar-refractivity contribution in [3.8, 4) is 0 Å². The molecule has 3 heterocycles. The van der Waals surface area contributed by atoms with Gasteiger partial charge in [-0.05, 0) is 63.4 Å². The molecule has 2 aromatic rings. The Morgan fingerprint density at radius 2 is 2.00 bits per heavy atom. The van der Waals surface area contributed by atoms with E-state index in [4.69, 9.17) is 11.6 Å². The average molecular weight is 479 g/mol. The van der Waals surface area contributed by atoms with Crippen molar-refractivity contribution < 1.29 is 8.42 Å². The zero-order valence-electron chi connectivity index (χ0n) is 18.3. The molecule has 3 N–H and O–H groups in total. The maximum absolute atomic E-state index is 12.1. The molecule has 10 heteroatoms. The van der Waals surface area contributed by atoms with Crippen molar-refractivity contribution in [3.05, 3.63) is 35.5 Å². The van der Waals surface area contributed by atoms with E-state index >= 15 is 0 Å². The molecule has 0 radical (unpaired) electrons. The van der Waals surface area contributed by atoms with Gasteiger partial charge in [-0.2, -0.15) is 4.98 Å². The van der Waals surface area contributed by atoms with Crippen LogP contribution in [0.5, 0.6) is 0 Å². The summed E-state index contributed by atoms with van der Waals surface area (Å²) >= 11 is 6.29. The molecule has 174 valence electrons. The number of aromatic nitrogens is 2. The van der Waals surface area contributed by atoms with Crippen LogP contribution in [-0.2, 0) is 9.84 Å². The highest BCUT2D eigenvalue weighted by Gasteiger charge is 2.24. The maximum atomic E-state index is 12.1. The van der Waals surface area contributed by atoms with Crippen LogP contribution in [0.15, 0.2) is 35.4 Å². The molecule has 0 saturated carbocycles. The number of rotatable bonds is 8. The number of nitrogens with zero attached hydrogens (tertiary/aromatic N) is 3. The Kier molecular flexibility index (Phi) is 7.50. The van der Waals surface area contributed by atoms with E-state index in [1.807, 2.05) is 0 Å². The van der Waals surface area contributed by atoms with Gasteiger partial charge in [0.2, 0.25) is 5.95 Å². The van der Waals surface area contributed by atoms with E-state index in [9.17, 15) is 8.42 Å². The lowest BCUT2D eigenvalue weighted by Gasteiger charge is -2.25. The lowest BCUT2D eigenvalue weighted by Crippen LogP contribution is -2.32. The van der Waals surface area contributed by atoms with E-state index in [0.717, 1.165) is 45.1 Å². The number of para-hydroxylation sites is 1. The van der Waals surface area contributed by atoms with Crippen LogP contribution in [0.25, 0.3) is 0 Å². The third kappa shape index (κ3) is 6.10. The lowest BCUT2D eigenvalue weighted by molar-refractivity contribution is 0.271. The van der Waals surface area contributed by atoms with Gasteiger partial charge in [0, 0.05) is 25.4 Å². The molecule has 2 saturated heterocycles. The van der Waals surface area contributed by atoms with Crippen LogP contribution >= 0.6 is 11.6 Å². The van der Waals surface area contributed by atoms with Gasteiger partial charge in [-0.3, -0.25) is 0 Å². The minimum absolute atomic E-state index is 0.198. The average Bonchev–Trinajstić information content (AvgIpc) is 3.22. The largest absolute Gasteiger partial charge is 0.350 e. The molecule has 2 aliphatic heterocycles. The van der Waals surface area contributed by atoms with Crippen molar-refractivity contribution in [1.82, 2.24) is 20.2 Å². The molecule has 0 bridgehead atoms. The quantitative estimate of drug-likeness (QED) is 0.532. The smallest absolute Gasteiger partial charge is 0.224 e. The summed E-state index contributed by atoms with van der Waals surface area (Å²) in [7, 11) is -3.39. The first kappa shape index (κ1) is 23.2. The second kappa shape index (κ2) is 10.3. The third-order valence-corrected chi connectivity index (χ3v) is 7.63. The number of likely N-dealkylation sites (tertiary alicyclic amines) is 1. The fraction of sp³-hybridized carbons (Fsp3) is 0.545. The van der Waals surface area contributed by atoms with E-state index in [1.165, 1.54) is 31.7 Å². The first-order valence-electron chi connectivity index (χ1n) is 11.2. The molecule has 8 nitrogen and oxygen atoms in total. The molecule has 0 unspecified atom stereocenters. The first-order valence-corrected chi connectivity index (χ1v) is 13.4. The second-order valence-corrected chi connectivity index (χ2v) is 11.1. The van der Waals surface area contributed by atoms with Crippen molar-refractivity contribution >= 4 is 38.9 Å². The van der Waals surface area contributed by atoms with E-state index in [2.05, 4.69) is 30.8 Å². The summed E-state index contributed by atoms with van der Waals surface area (Å²) in [5.74, 6) is 1.70. The van der Waals surface area contributed by atoms with Crippen LogP contribution in [0.3, 0.4) is 0 Å². The minimum atomic E-state index is -3.39. The topological polar surface area (TPSA) is 99.2 Å². The number of nitrogens with one attached hydrogen (secondary N) is 3. The number of benzene rings is 1. The molecular weight excluding hydrogens is 448 g/mol. The van der Waals surface area contributed by atoms with Gasteiger partial charge in [-0.15, -0.1) is 0 Å². The molecule has 4 rings (SSSR count). The predicted octanol–water partition coefficient (Wildman–Crippen LogP) is 3.15. The Morgan fingerprint density at radius 1 is 1.22 bits per heavy atom. The van der Waals surface area contributed by atoms with Gasteiger partial charge in [-0.25, -0.2) is 13.4 Å². The normalized spacial score (nSPS) is 20.4. The molecule has 1 atom stereocenters. The van der Waals surface area contributed by atoms with Crippen LogP contribution in [0.4, 0.5) is 17.5 Å². The van der Waals surface area contributed by atoms with Crippen molar-refractivity contribution in [2.24, 2.45) is 5.92 Å². The molecule has 2 fully saturated rings. The van der Waals surface area contributed by atoms with Gasteiger partial charge >= 0.3 is 0 Å². The molecule has 32 heavy (non-hydrogen) atoms. The third-order valence-electron chi connectivity index (χ3n) is 6.20. The number of anilines is 3. The molecule has 2 aliphatic rings. The number of sulfone groups is 1. The molecule has 0 spiro atoms. The fourth-order valence-electron chi connectivity index (χ4n) is 4.42. The molecule has 1 aromatic heterocycles. The first-order chi connectivity index (χ1) is 15.4. The van der Waals surface area contributed by atoms with Crippen LogP contribution < -0.4 is 16.0 Å². The Balaban J connectivity index is 1.36. The van der Waals surface area contributed by atoms with Crippen LogP contribution in [-0.4, -0.2) is 68.3 Å². The number of piperidine rings is 1. The number of hydrogen-bond acceptors (Lipinski definition) is 8. The number of halogens is 1. The van der Waals surface area contributed by atoms with E-state index in [0.29, 0.717) is 22.5 Å². The van der Waals surface area contributed by atoms with Gasteiger partial charge in [0.1, 0.15) is 5.02 Å². The van der Waals surface area contributed by atoms with E-state index in [-0.39, 0.29) is 10.9 Å². The van der Waals surface area contributed by atoms with Gasteiger partial charge < -0.3 is 20.9 Å². The predicted molar refractivity (Wildman–Crippen MR) is 129 cm³/mol. The molecular formula is C22H31ClN6O2S. The van der Waals surface area contributed by atoms with Gasteiger partial charge in [0.15, 0.2) is 15.7 Å². The Bertz CT molecular complexity index is 1030. The summed E-state index contributed by atoms with van der Waals surface area (Å²) in [4.78, 5) is 11.5. The van der Waals surface area contributed by atoms with Crippen molar-refractivity contribution in [3.63, 3.8) is 0 Å². The molecule has 1 aromatic carbocycles. The van der Waals surface area contributed by atoms with E-state index < -0.39 is 9.84 Å². The van der Waals surface area contributed by atoms with Crippen LogP contribution in [0.1, 0.15) is 25.7 Å². The van der Waals surface area contributed by atoms with Crippen LogP contribution in [0, 0.1) is 5.92 Å². The zero-order valence-corrected chi connectivity index (χ0v) is 19.9. The van der Waals surface area contributed by atoms with E-state index in [1.54, 1.807) is 24.3 Å². The summed E-state index contributed by atoms with van der Waals surface area (Å²) in [5, 5.41) is 10.2. The maximum Gasteiger partial charge on any atom is 0.224 e. The monoisotopic (exact) mass is 478 g/mol. The summed E-state index contributed by atoms with van der Waals surface area (Å²) < 4.78 is 24.2. The Labute approximate surface area is 195 Å². The van der Waals surface area contributed by atoms with Crippen molar-refractivity contribution in [2.75, 3.05) is 49.6 Å². The Morgan fingerprint density at radius 3 is 2.78 bits per heavy atom. The summed E-state index contributed by atoms with van der Waals surface area (Å²) in [5.41, 5.74) is 0.437. The highest BCUT2D eigenvalue weighted by atomic mass is 35.5. The summed E-state index contributed by atoms with van der Waals surface area (Å²) in [6, 6.07) is 6.98. The lowest BCUT2D eigenvalue weighted by atomic mass is 9.94. The number of hydrogen-bond donors (Lipinski definition) is 3. The minimum Gasteiger partial charge on any atom is -0.350 e. The van der Waals surface area contributed by atoms with Crippen molar-refractivity contribution in [1.29, 1.82) is 0 Å². The zero-order chi connectivity index (χ0) is 22.6. The Hall–Kier alpha value is -1.94. The molecule has 0 amide bonds. The molecule has 0 aliphatic carbocycles. The standard InChI is InChI=1S/C22H31ClN6O2S/c1-32(30,31)20-5-3-2-4-19(20)27-21-18(23)14-25-22(28-21)26-17-9-13-29(15-17)12-8-16-6-10-24-11-7-16/h2-5,14,16-17,24H,6-13,15H2,1H3,(H2,25,26,27,28)/t17-/m1/s1. The van der Waals surface area contributed by atoms with Gasteiger partial charge in [0.05, 0.1) is 16.8 Å². The van der Waals surface area contributed by atoms with Gasteiger partial charge in [-0.1, -0.05) is 23.7 Å². The van der Waals surface area contributed by atoms with Gasteiger partial charge in [0.25, 0.3) is 0 Å². The second-order valence-electron chi connectivity index (χ2n) is 8.70. The van der Waals surface area contributed by atoms with Crippen molar-refractivity contribution in [2.45, 2.75) is 36.6 Å². The summed E-state index contributed by atoms with van der Waals surface area (Å²) in [6.45, 7) is 5.47. The fourth-order valence-corrected chi connectivity index (χ4v) is 5.40. The highest BCUT2D eigenvalue weighted by molar-refractivity contribution is 7.90. The van der Waals surface area contributed by atoms with Crippen LogP contribution in [0.2, 0.25) is 5.02 Å². The SMILES string of the molecule is CS(=O)(=O)c1ccccc1Nc1nc(N[C@@H]2CCN(CCC3CCNCC3)C2)ncc1Cl.